The fraction of sp³-hybridized carbons (Fsp3) is 1.00. The third-order valence-electron chi connectivity index (χ3n) is 2.85. The fourth-order valence-corrected chi connectivity index (χ4v) is 2.11. The average molecular weight is 156 g/mol. The third-order valence-corrected chi connectivity index (χ3v) is 2.85. The number of β-amino-alcohol motifs (C(OH)–C–C–N with tert-alkyl or cyclic N) is 1. The van der Waals surface area contributed by atoms with Gasteiger partial charge in [0.15, 0.2) is 0 Å². The Hall–Kier alpha value is -0.120. The Kier molecular flexibility index (Phi) is 1.87. The van der Waals surface area contributed by atoms with Crippen LogP contribution in [0.15, 0.2) is 0 Å². The zero-order chi connectivity index (χ0) is 7.84. The highest BCUT2D eigenvalue weighted by Gasteiger charge is 2.34. The van der Waals surface area contributed by atoms with E-state index in [1.807, 2.05) is 0 Å². The van der Waals surface area contributed by atoms with Crippen LogP contribution in [-0.2, 0) is 0 Å². The Bertz CT molecular complexity index is 145. The molecule has 64 valence electrons. The van der Waals surface area contributed by atoms with Crippen molar-refractivity contribution in [1.29, 1.82) is 0 Å². The highest BCUT2D eigenvalue weighted by atomic mass is 16.3. The second kappa shape index (κ2) is 2.73. The van der Waals surface area contributed by atoms with E-state index in [0.29, 0.717) is 12.1 Å². The molecule has 3 heteroatoms. The predicted molar refractivity (Wildman–Crippen MR) is 43.2 cm³/mol. The standard InChI is InChI=1S/C8H16N2O/c9-6-1-2-7(3-6)10-4-8(11)5-10/h6-8,11H,1-5,9H2. The number of nitrogens with zero attached hydrogens (tertiary/aromatic N) is 1. The molecule has 2 fully saturated rings. The third kappa shape index (κ3) is 1.41. The van der Waals surface area contributed by atoms with Crippen LogP contribution in [0.1, 0.15) is 19.3 Å². The van der Waals surface area contributed by atoms with Crippen LogP contribution in [0, 0.1) is 0 Å². The van der Waals surface area contributed by atoms with Crippen molar-refractivity contribution < 1.29 is 5.11 Å². The van der Waals surface area contributed by atoms with E-state index in [4.69, 9.17) is 10.8 Å². The topological polar surface area (TPSA) is 49.5 Å². The monoisotopic (exact) mass is 156 g/mol. The molecule has 11 heavy (non-hydrogen) atoms. The van der Waals surface area contributed by atoms with Gasteiger partial charge < -0.3 is 10.8 Å². The average Bonchev–Trinajstić information content (AvgIpc) is 2.29. The molecule has 1 aliphatic heterocycles. The van der Waals surface area contributed by atoms with Crippen LogP contribution in [0.25, 0.3) is 0 Å². The Balaban J connectivity index is 1.79. The van der Waals surface area contributed by atoms with Crippen LogP contribution in [0.2, 0.25) is 0 Å². The molecule has 1 saturated heterocycles. The lowest BCUT2D eigenvalue weighted by molar-refractivity contribution is -0.0232. The van der Waals surface area contributed by atoms with E-state index in [0.717, 1.165) is 25.9 Å². The first-order valence-corrected chi connectivity index (χ1v) is 4.43. The van der Waals surface area contributed by atoms with Gasteiger partial charge in [-0.3, -0.25) is 4.90 Å². The van der Waals surface area contributed by atoms with Gasteiger partial charge in [-0.1, -0.05) is 0 Å². The molecule has 2 rings (SSSR count). The SMILES string of the molecule is NC1CCC(N2CC(O)C2)C1. The van der Waals surface area contributed by atoms with E-state index >= 15 is 0 Å². The number of aliphatic hydroxyl groups excluding tert-OH is 1. The highest BCUT2D eigenvalue weighted by molar-refractivity contribution is 4.91. The van der Waals surface area contributed by atoms with E-state index in [-0.39, 0.29) is 6.10 Å². The number of likely N-dealkylation sites (tertiary alicyclic amines) is 1. The normalized spacial score (nSPS) is 40.9. The van der Waals surface area contributed by atoms with Crippen LogP contribution < -0.4 is 5.73 Å². The zero-order valence-corrected chi connectivity index (χ0v) is 6.74. The predicted octanol–water partition coefficient (Wildman–Crippen LogP) is -0.457. The summed E-state index contributed by atoms with van der Waals surface area (Å²) in [5, 5.41) is 9.07. The van der Waals surface area contributed by atoms with Crippen molar-refractivity contribution in [3.05, 3.63) is 0 Å². The number of hydrogen-bond acceptors (Lipinski definition) is 3. The van der Waals surface area contributed by atoms with Gasteiger partial charge in [0, 0.05) is 25.2 Å². The van der Waals surface area contributed by atoms with Gasteiger partial charge in [-0.2, -0.15) is 0 Å². The van der Waals surface area contributed by atoms with E-state index < -0.39 is 0 Å². The Labute approximate surface area is 67.2 Å². The van der Waals surface area contributed by atoms with Crippen LogP contribution >= 0.6 is 0 Å². The molecule has 0 bridgehead atoms. The van der Waals surface area contributed by atoms with Crippen molar-refractivity contribution in [2.45, 2.75) is 37.5 Å². The van der Waals surface area contributed by atoms with Crippen LogP contribution in [-0.4, -0.2) is 41.3 Å². The molecular weight excluding hydrogens is 140 g/mol. The number of nitrogens with two attached hydrogens (primary N) is 1. The minimum Gasteiger partial charge on any atom is -0.390 e. The van der Waals surface area contributed by atoms with Gasteiger partial charge >= 0.3 is 0 Å². The molecule has 0 spiro atoms. The summed E-state index contributed by atoms with van der Waals surface area (Å²) >= 11 is 0. The maximum atomic E-state index is 9.07. The maximum Gasteiger partial charge on any atom is 0.0794 e. The van der Waals surface area contributed by atoms with Crippen molar-refractivity contribution in [1.82, 2.24) is 4.90 Å². The van der Waals surface area contributed by atoms with Gasteiger partial charge in [0.2, 0.25) is 0 Å². The van der Waals surface area contributed by atoms with Gasteiger partial charge in [0.05, 0.1) is 6.10 Å². The summed E-state index contributed by atoms with van der Waals surface area (Å²) in [5.74, 6) is 0. The Morgan fingerprint density at radius 3 is 2.45 bits per heavy atom. The second-order valence-electron chi connectivity index (χ2n) is 3.83. The molecule has 1 saturated carbocycles. The summed E-state index contributed by atoms with van der Waals surface area (Å²) in [5.41, 5.74) is 5.79. The van der Waals surface area contributed by atoms with Gasteiger partial charge in [0.25, 0.3) is 0 Å². The molecule has 0 amide bonds. The lowest BCUT2D eigenvalue weighted by Crippen LogP contribution is -2.54. The summed E-state index contributed by atoms with van der Waals surface area (Å²) < 4.78 is 0. The van der Waals surface area contributed by atoms with Gasteiger partial charge in [-0.05, 0) is 19.3 Å². The second-order valence-corrected chi connectivity index (χ2v) is 3.83. The van der Waals surface area contributed by atoms with Crippen molar-refractivity contribution >= 4 is 0 Å². The molecule has 3 nitrogen and oxygen atoms in total. The van der Waals surface area contributed by atoms with Gasteiger partial charge in [-0.25, -0.2) is 0 Å². The van der Waals surface area contributed by atoms with Crippen LogP contribution in [0.5, 0.6) is 0 Å². The molecule has 2 atom stereocenters. The summed E-state index contributed by atoms with van der Waals surface area (Å²) in [6, 6.07) is 1.09. The van der Waals surface area contributed by atoms with E-state index in [9.17, 15) is 0 Å². The smallest absolute Gasteiger partial charge is 0.0794 e. The van der Waals surface area contributed by atoms with E-state index in [1.54, 1.807) is 0 Å². The lowest BCUT2D eigenvalue weighted by Gasteiger charge is -2.40. The van der Waals surface area contributed by atoms with Crippen molar-refractivity contribution in [3.8, 4) is 0 Å². The zero-order valence-electron chi connectivity index (χ0n) is 6.74. The minimum atomic E-state index is -0.0631. The minimum absolute atomic E-state index is 0.0631. The van der Waals surface area contributed by atoms with Crippen molar-refractivity contribution in [2.75, 3.05) is 13.1 Å². The van der Waals surface area contributed by atoms with Crippen molar-refractivity contribution in [3.63, 3.8) is 0 Å². The Morgan fingerprint density at radius 1 is 1.27 bits per heavy atom. The molecule has 0 aromatic heterocycles. The summed E-state index contributed by atoms with van der Waals surface area (Å²) in [4.78, 5) is 2.34. The summed E-state index contributed by atoms with van der Waals surface area (Å²) in [6.07, 6.45) is 3.46. The molecular formula is C8H16N2O. The first kappa shape index (κ1) is 7.53. The number of hydrogen-bond donors (Lipinski definition) is 2. The Morgan fingerprint density at radius 2 is 2.00 bits per heavy atom. The molecule has 0 aromatic carbocycles. The first-order valence-electron chi connectivity index (χ1n) is 4.43. The van der Waals surface area contributed by atoms with Gasteiger partial charge in [-0.15, -0.1) is 0 Å². The number of aliphatic hydroxyl groups is 1. The first-order chi connectivity index (χ1) is 5.25. The van der Waals surface area contributed by atoms with E-state index in [1.165, 1.54) is 6.42 Å². The largest absolute Gasteiger partial charge is 0.390 e. The molecule has 3 N–H and O–H groups in total. The summed E-state index contributed by atoms with van der Waals surface area (Å²) in [7, 11) is 0. The quantitative estimate of drug-likeness (QED) is 0.540. The van der Waals surface area contributed by atoms with E-state index in [2.05, 4.69) is 4.90 Å². The van der Waals surface area contributed by atoms with Crippen LogP contribution in [0.4, 0.5) is 0 Å². The molecule has 0 radical (unpaired) electrons. The molecule has 1 heterocycles. The lowest BCUT2D eigenvalue weighted by atomic mass is 10.1. The molecule has 2 aliphatic rings. The number of rotatable bonds is 1. The van der Waals surface area contributed by atoms with Crippen molar-refractivity contribution in [2.24, 2.45) is 5.73 Å². The molecule has 0 aromatic rings. The van der Waals surface area contributed by atoms with Crippen LogP contribution in [0.3, 0.4) is 0 Å². The highest BCUT2D eigenvalue weighted by Crippen LogP contribution is 2.26. The summed E-state index contributed by atoms with van der Waals surface area (Å²) in [6.45, 7) is 1.74. The molecule has 2 unspecified atom stereocenters. The maximum absolute atomic E-state index is 9.07. The molecule has 1 aliphatic carbocycles. The van der Waals surface area contributed by atoms with Gasteiger partial charge in [0.1, 0.15) is 0 Å². The fourth-order valence-electron chi connectivity index (χ4n) is 2.11.